The summed E-state index contributed by atoms with van der Waals surface area (Å²) in [6, 6.07) is -0.916. The average Bonchev–Trinajstić information content (AvgIpc) is 2.59. The van der Waals surface area contributed by atoms with E-state index in [9.17, 15) is 14.4 Å². The fraction of sp³-hybridized carbons (Fsp3) is 0.615. The van der Waals surface area contributed by atoms with E-state index in [0.717, 1.165) is 0 Å². The molecule has 2 amide bonds. The lowest BCUT2D eigenvalue weighted by Gasteiger charge is -2.49. The molecule has 158 valence electrons. The van der Waals surface area contributed by atoms with Crippen molar-refractivity contribution in [1.29, 1.82) is 0 Å². The zero-order chi connectivity index (χ0) is 21.3. The highest BCUT2D eigenvalue weighted by atomic mass is 79.9. The Balaban J connectivity index is 2.06. The molecule has 0 aliphatic carbocycles. The molecule has 7 nitrogen and oxygen atoms in total. The molecule has 2 aliphatic heterocycles. The second kappa shape index (κ2) is 9.77. The van der Waals surface area contributed by atoms with Gasteiger partial charge >= 0.3 is 12.1 Å². The van der Waals surface area contributed by atoms with Crippen molar-refractivity contribution in [3.8, 4) is 0 Å². The molecule has 15 heteroatoms. The van der Waals surface area contributed by atoms with Gasteiger partial charge in [-0.3, -0.25) is 9.69 Å². The summed E-state index contributed by atoms with van der Waals surface area (Å²) in [5.41, 5.74) is 0.675. The van der Waals surface area contributed by atoms with Crippen LogP contribution in [0.3, 0.4) is 0 Å². The number of rotatable bonds is 5. The highest BCUT2D eigenvalue weighted by molar-refractivity contribution is 9.09. The molecular weight excluding hydrogens is 589 g/mol. The Morgan fingerprint density at radius 3 is 2.25 bits per heavy atom. The molecule has 28 heavy (non-hydrogen) atoms. The third-order valence-corrected chi connectivity index (χ3v) is 6.08. The molecule has 1 fully saturated rings. The summed E-state index contributed by atoms with van der Waals surface area (Å²) in [7, 11) is 0. The number of nitrogens with zero attached hydrogens (tertiary/aromatic N) is 1. The first-order valence-electron chi connectivity index (χ1n) is 7.30. The van der Waals surface area contributed by atoms with Gasteiger partial charge < -0.3 is 14.8 Å². The molecule has 0 aromatic rings. The normalized spacial score (nSPS) is 22.4. The maximum Gasteiger partial charge on any atom is 0.408 e. The molecule has 0 radical (unpaired) electrons. The Morgan fingerprint density at radius 1 is 1.14 bits per heavy atom. The van der Waals surface area contributed by atoms with Crippen molar-refractivity contribution >= 4 is 115 Å². The minimum Gasteiger partial charge on any atom is -0.456 e. The number of fused-ring (bicyclic) bond motifs is 1. The van der Waals surface area contributed by atoms with Crippen LogP contribution in [0.2, 0.25) is 0 Å². The topological polar surface area (TPSA) is 84.9 Å². The number of nitrogens with one attached hydrogen (secondary N) is 1. The van der Waals surface area contributed by atoms with Crippen LogP contribution >= 0.6 is 97.3 Å². The standard InChI is InChI=1S/C13H11BrCl6N2O5S/c14-1-5-2-28-9-6(21-11(25)27-4-13(18,19)20)8(23)22(9)7(5)10(24)26-3-12(15,16)17/h6,9H,1-4H2,(H,21,25)/t6-,9+/m1/s1. The van der Waals surface area contributed by atoms with Gasteiger partial charge in [-0.05, 0) is 5.57 Å². The van der Waals surface area contributed by atoms with Crippen LogP contribution in [0.25, 0.3) is 0 Å². The summed E-state index contributed by atoms with van der Waals surface area (Å²) in [6.45, 7) is -0.978. The minimum atomic E-state index is -1.79. The molecule has 2 atom stereocenters. The first kappa shape index (κ1) is 24.8. The second-order valence-electron chi connectivity index (χ2n) is 5.50. The van der Waals surface area contributed by atoms with Gasteiger partial charge in [-0.1, -0.05) is 85.5 Å². The molecule has 0 saturated carbocycles. The third kappa shape index (κ3) is 6.51. The van der Waals surface area contributed by atoms with Crippen LogP contribution < -0.4 is 5.32 Å². The van der Waals surface area contributed by atoms with Crippen LogP contribution in [0, 0.1) is 0 Å². The van der Waals surface area contributed by atoms with Crippen molar-refractivity contribution in [3.63, 3.8) is 0 Å². The Morgan fingerprint density at radius 2 is 1.71 bits per heavy atom. The summed E-state index contributed by atoms with van der Waals surface area (Å²) in [6.07, 6.45) is -0.930. The number of carbonyl (C=O) groups is 3. The molecule has 1 N–H and O–H groups in total. The number of thioether (sulfide) groups is 1. The lowest BCUT2D eigenvalue weighted by Crippen LogP contribution is -2.70. The fourth-order valence-electron chi connectivity index (χ4n) is 2.31. The molecule has 0 spiro atoms. The molecule has 1 saturated heterocycles. The molecule has 2 aliphatic rings. The number of hydrogen-bond acceptors (Lipinski definition) is 6. The zero-order valence-electron chi connectivity index (χ0n) is 13.5. The van der Waals surface area contributed by atoms with Crippen LogP contribution in [-0.2, 0) is 19.1 Å². The van der Waals surface area contributed by atoms with Gasteiger partial charge in [-0.2, -0.15) is 0 Å². The molecular formula is C13H11BrCl6N2O5S. The van der Waals surface area contributed by atoms with Gasteiger partial charge in [-0.25, -0.2) is 9.59 Å². The van der Waals surface area contributed by atoms with Crippen LogP contribution in [0.4, 0.5) is 4.79 Å². The molecule has 2 heterocycles. The smallest absolute Gasteiger partial charge is 0.408 e. The lowest BCUT2D eigenvalue weighted by molar-refractivity contribution is -0.151. The van der Waals surface area contributed by atoms with Gasteiger partial charge in [0.1, 0.15) is 30.3 Å². The first-order chi connectivity index (χ1) is 12.8. The summed E-state index contributed by atoms with van der Waals surface area (Å²) in [5, 5.41) is 2.18. The number of alkyl halides is 7. The predicted octanol–water partition coefficient (Wildman–Crippen LogP) is 3.93. The quantitative estimate of drug-likeness (QED) is 0.293. The van der Waals surface area contributed by atoms with E-state index >= 15 is 0 Å². The first-order valence-corrected chi connectivity index (χ1v) is 11.7. The van der Waals surface area contributed by atoms with Gasteiger partial charge in [0.15, 0.2) is 0 Å². The molecule has 0 aromatic carbocycles. The van der Waals surface area contributed by atoms with E-state index in [4.69, 9.17) is 79.1 Å². The van der Waals surface area contributed by atoms with Crippen molar-refractivity contribution < 1.29 is 23.9 Å². The molecule has 2 rings (SSSR count). The van der Waals surface area contributed by atoms with E-state index in [1.807, 2.05) is 0 Å². The van der Waals surface area contributed by atoms with E-state index in [2.05, 4.69) is 21.2 Å². The van der Waals surface area contributed by atoms with Crippen LogP contribution in [0.1, 0.15) is 0 Å². The third-order valence-electron chi connectivity index (χ3n) is 3.41. The fourth-order valence-corrected chi connectivity index (χ4v) is 4.71. The average molecular weight is 600 g/mol. The van der Waals surface area contributed by atoms with Gasteiger partial charge in [-0.15, -0.1) is 11.8 Å². The van der Waals surface area contributed by atoms with Crippen LogP contribution in [-0.4, -0.2) is 66.2 Å². The number of amides is 2. The number of alkyl carbamates (subject to hydrolysis) is 1. The van der Waals surface area contributed by atoms with Crippen molar-refractivity contribution in [1.82, 2.24) is 10.2 Å². The Labute approximate surface area is 202 Å². The zero-order valence-corrected chi connectivity index (χ0v) is 20.5. The second-order valence-corrected chi connectivity index (χ2v) is 12.2. The largest absolute Gasteiger partial charge is 0.456 e. The molecule has 0 unspecified atom stereocenters. The van der Waals surface area contributed by atoms with Crippen molar-refractivity contribution in [2.75, 3.05) is 24.3 Å². The van der Waals surface area contributed by atoms with Gasteiger partial charge in [0, 0.05) is 11.1 Å². The van der Waals surface area contributed by atoms with E-state index < -0.39 is 50.2 Å². The van der Waals surface area contributed by atoms with Crippen molar-refractivity contribution in [2.24, 2.45) is 0 Å². The molecule has 0 bridgehead atoms. The van der Waals surface area contributed by atoms with E-state index in [1.54, 1.807) is 0 Å². The van der Waals surface area contributed by atoms with E-state index in [0.29, 0.717) is 16.7 Å². The van der Waals surface area contributed by atoms with Crippen LogP contribution in [0.5, 0.6) is 0 Å². The maximum atomic E-state index is 12.5. The number of carbonyl (C=O) groups excluding carboxylic acids is 3. The van der Waals surface area contributed by atoms with E-state index in [-0.39, 0.29) is 5.70 Å². The van der Waals surface area contributed by atoms with Gasteiger partial charge in [0.2, 0.25) is 7.59 Å². The minimum absolute atomic E-state index is 0.0487. The maximum absolute atomic E-state index is 12.5. The lowest BCUT2D eigenvalue weighted by atomic mass is 10.0. The summed E-state index contributed by atoms with van der Waals surface area (Å²) in [4.78, 5) is 38.0. The predicted molar refractivity (Wildman–Crippen MR) is 114 cm³/mol. The Kier molecular flexibility index (Phi) is 8.64. The Bertz CT molecular complexity index is 698. The number of β-lactam (4-membered cyclic amide) rings is 1. The highest BCUT2D eigenvalue weighted by Crippen LogP contribution is 2.41. The SMILES string of the molecule is O=C(N[C@@H]1C(=O)N2C(C(=O)OCC(Cl)(Cl)Cl)=C(CBr)CS[C@@H]12)OCC(Cl)(Cl)Cl. The summed E-state index contributed by atoms with van der Waals surface area (Å²) in [5.74, 6) is -0.918. The number of esters is 1. The summed E-state index contributed by atoms with van der Waals surface area (Å²) < 4.78 is 6.18. The number of halogens is 7. The van der Waals surface area contributed by atoms with Crippen molar-refractivity contribution in [2.45, 2.75) is 19.0 Å². The van der Waals surface area contributed by atoms with Gasteiger partial charge in [0.05, 0.1) is 0 Å². The highest BCUT2D eigenvalue weighted by Gasteiger charge is 2.54. The van der Waals surface area contributed by atoms with Crippen LogP contribution in [0.15, 0.2) is 11.3 Å². The monoisotopic (exact) mass is 596 g/mol. The summed E-state index contributed by atoms with van der Waals surface area (Å²) >= 11 is 37.9. The Hall–Kier alpha value is 0.520. The number of ether oxygens (including phenoxy) is 2. The van der Waals surface area contributed by atoms with E-state index in [1.165, 1.54) is 16.7 Å². The van der Waals surface area contributed by atoms with Crippen molar-refractivity contribution in [3.05, 3.63) is 11.3 Å². The molecule has 0 aromatic heterocycles. The van der Waals surface area contributed by atoms with Gasteiger partial charge in [0.25, 0.3) is 5.91 Å². The number of hydrogen-bond donors (Lipinski definition) is 1.